The molecule has 2 heterocycles. The van der Waals surface area contributed by atoms with Gasteiger partial charge in [-0.25, -0.2) is 0 Å². The topological polar surface area (TPSA) is 8.17 Å². The standard InChI is InChI=1S/C23H38N2Si/c1-17(2)26(18(3)4,19(5)6)25-14-12-21-11-10-20(16-23(21)25)15-22-9-8-13-24(22)7/h10-12,14,16-19,22H,8-9,13,15H2,1-7H3/t22-/m0/s1. The molecule has 0 saturated carbocycles. The summed E-state index contributed by atoms with van der Waals surface area (Å²) in [6.07, 6.45) is 6.29. The van der Waals surface area contributed by atoms with E-state index in [9.17, 15) is 0 Å². The summed E-state index contributed by atoms with van der Waals surface area (Å²) >= 11 is 0. The van der Waals surface area contributed by atoms with Crippen molar-refractivity contribution in [3.8, 4) is 0 Å². The summed E-state index contributed by atoms with van der Waals surface area (Å²) in [4.78, 5) is 2.54. The van der Waals surface area contributed by atoms with Gasteiger partial charge >= 0.3 is 0 Å². The molecule has 0 radical (unpaired) electrons. The zero-order valence-electron chi connectivity index (χ0n) is 17.9. The fraction of sp³-hybridized carbons (Fsp3) is 0.652. The zero-order chi connectivity index (χ0) is 19.1. The monoisotopic (exact) mass is 370 g/mol. The van der Waals surface area contributed by atoms with Crippen molar-refractivity contribution in [2.45, 2.75) is 83.5 Å². The van der Waals surface area contributed by atoms with Crippen LogP contribution in [0.2, 0.25) is 16.6 Å². The number of rotatable bonds is 6. The highest BCUT2D eigenvalue weighted by Crippen LogP contribution is 2.44. The Labute approximate surface area is 161 Å². The second kappa shape index (κ2) is 7.51. The van der Waals surface area contributed by atoms with E-state index < -0.39 is 8.24 Å². The van der Waals surface area contributed by atoms with Gasteiger partial charge in [0.05, 0.1) is 0 Å². The number of benzene rings is 1. The molecule has 0 N–H and O–H groups in total. The number of likely N-dealkylation sites (N-methyl/N-ethyl adjacent to an activating group) is 1. The second-order valence-corrected chi connectivity index (χ2v) is 15.1. The lowest BCUT2D eigenvalue weighted by Crippen LogP contribution is -2.51. The number of aromatic nitrogens is 1. The highest BCUT2D eigenvalue weighted by atomic mass is 28.3. The Hall–Kier alpha value is -1.06. The van der Waals surface area contributed by atoms with Gasteiger partial charge in [0, 0.05) is 11.6 Å². The fourth-order valence-electron chi connectivity index (χ4n) is 5.98. The summed E-state index contributed by atoms with van der Waals surface area (Å²) in [6.45, 7) is 16.0. The zero-order valence-corrected chi connectivity index (χ0v) is 18.9. The smallest absolute Gasteiger partial charge is 0.169 e. The number of fused-ring (bicyclic) bond motifs is 1. The van der Waals surface area contributed by atoms with Crippen molar-refractivity contribution < 1.29 is 0 Å². The minimum Gasteiger partial charge on any atom is -0.373 e. The SMILES string of the molecule is CC(C)[Si](C(C)C)(C(C)C)n1ccc2ccc(C[C@@H]3CCCN3C)cc21. The molecule has 144 valence electrons. The quantitative estimate of drug-likeness (QED) is 0.542. The lowest BCUT2D eigenvalue weighted by atomic mass is 10.0. The molecule has 1 aromatic carbocycles. The van der Waals surface area contributed by atoms with Crippen LogP contribution < -0.4 is 0 Å². The van der Waals surface area contributed by atoms with Crippen molar-refractivity contribution in [3.63, 3.8) is 0 Å². The summed E-state index contributed by atoms with van der Waals surface area (Å²) in [7, 11) is 0.595. The lowest BCUT2D eigenvalue weighted by molar-refractivity contribution is 0.309. The molecular weight excluding hydrogens is 332 g/mol. The number of hydrogen-bond acceptors (Lipinski definition) is 1. The molecule has 2 aromatic rings. The third-order valence-corrected chi connectivity index (χ3v) is 13.9. The van der Waals surface area contributed by atoms with E-state index in [4.69, 9.17) is 0 Å². The van der Waals surface area contributed by atoms with Crippen molar-refractivity contribution in [3.05, 3.63) is 36.0 Å². The largest absolute Gasteiger partial charge is 0.373 e. The van der Waals surface area contributed by atoms with Gasteiger partial charge in [-0.2, -0.15) is 0 Å². The molecular formula is C23H38N2Si. The number of likely N-dealkylation sites (tertiary alicyclic amines) is 1. The first kappa shape index (κ1) is 19.7. The molecule has 3 heteroatoms. The van der Waals surface area contributed by atoms with Crippen LogP contribution in [0.3, 0.4) is 0 Å². The van der Waals surface area contributed by atoms with Gasteiger partial charge in [0.15, 0.2) is 8.24 Å². The third kappa shape index (κ3) is 3.18. The third-order valence-electron chi connectivity index (χ3n) is 7.09. The first-order valence-electron chi connectivity index (χ1n) is 10.6. The minimum atomic E-state index is -1.69. The molecule has 0 amide bonds. The van der Waals surface area contributed by atoms with Crippen LogP contribution in [-0.2, 0) is 6.42 Å². The molecule has 26 heavy (non-hydrogen) atoms. The van der Waals surface area contributed by atoms with Crippen LogP contribution in [0.5, 0.6) is 0 Å². The fourth-order valence-corrected chi connectivity index (χ4v) is 12.6. The van der Waals surface area contributed by atoms with E-state index in [0.717, 1.165) is 22.7 Å². The molecule has 1 aliphatic heterocycles. The van der Waals surface area contributed by atoms with Crippen molar-refractivity contribution in [2.24, 2.45) is 0 Å². The maximum Gasteiger partial charge on any atom is 0.169 e. The van der Waals surface area contributed by atoms with Gasteiger partial charge < -0.3 is 9.13 Å². The molecule has 0 bridgehead atoms. The highest BCUT2D eigenvalue weighted by molar-refractivity contribution is 6.82. The molecule has 2 nitrogen and oxygen atoms in total. The number of nitrogens with zero attached hydrogens (tertiary/aromatic N) is 2. The van der Waals surface area contributed by atoms with Crippen molar-refractivity contribution in [1.82, 2.24) is 9.13 Å². The maximum absolute atomic E-state index is 2.75. The van der Waals surface area contributed by atoms with E-state index in [-0.39, 0.29) is 0 Å². The average Bonchev–Trinajstić information content (AvgIpc) is 3.14. The highest BCUT2D eigenvalue weighted by Gasteiger charge is 2.45. The van der Waals surface area contributed by atoms with Crippen molar-refractivity contribution in [1.29, 1.82) is 0 Å². The minimum absolute atomic E-state index is 0.721. The van der Waals surface area contributed by atoms with E-state index in [0.29, 0.717) is 0 Å². The molecule has 1 aliphatic rings. The Balaban J connectivity index is 2.07. The van der Waals surface area contributed by atoms with E-state index in [2.05, 4.69) is 88.2 Å². The normalized spacial score (nSPS) is 19.5. The van der Waals surface area contributed by atoms with Gasteiger partial charge in [0.25, 0.3) is 0 Å². The molecule has 3 rings (SSSR count). The van der Waals surface area contributed by atoms with E-state index in [1.54, 1.807) is 0 Å². The van der Waals surface area contributed by atoms with Crippen molar-refractivity contribution in [2.75, 3.05) is 13.6 Å². The predicted molar refractivity (Wildman–Crippen MR) is 118 cm³/mol. The van der Waals surface area contributed by atoms with E-state index in [1.165, 1.54) is 42.3 Å². The van der Waals surface area contributed by atoms with Gasteiger partial charge in [0.1, 0.15) is 0 Å². The summed E-state index contributed by atoms with van der Waals surface area (Å²) < 4.78 is 2.75. The Kier molecular flexibility index (Phi) is 5.69. The summed E-state index contributed by atoms with van der Waals surface area (Å²) in [5.74, 6) is 0. The van der Waals surface area contributed by atoms with Gasteiger partial charge in [-0.3, -0.25) is 0 Å². The van der Waals surface area contributed by atoms with Crippen LogP contribution in [0.4, 0.5) is 0 Å². The predicted octanol–water partition coefficient (Wildman–Crippen LogP) is 6.30. The van der Waals surface area contributed by atoms with Crippen LogP contribution in [-0.4, -0.2) is 37.0 Å². The average molecular weight is 371 g/mol. The van der Waals surface area contributed by atoms with Crippen LogP contribution in [0.25, 0.3) is 10.9 Å². The van der Waals surface area contributed by atoms with Crippen LogP contribution in [0, 0.1) is 0 Å². The molecule has 1 saturated heterocycles. The Morgan fingerprint density at radius 2 is 1.65 bits per heavy atom. The molecule has 0 unspecified atom stereocenters. The van der Waals surface area contributed by atoms with E-state index in [1.807, 2.05) is 0 Å². The first-order chi connectivity index (χ1) is 12.3. The molecule has 1 aromatic heterocycles. The van der Waals surface area contributed by atoms with Gasteiger partial charge in [-0.05, 0) is 78.8 Å². The number of hydrogen-bond donors (Lipinski definition) is 0. The van der Waals surface area contributed by atoms with Crippen LogP contribution >= 0.6 is 0 Å². The van der Waals surface area contributed by atoms with Gasteiger partial charge in [0.2, 0.25) is 0 Å². The molecule has 1 fully saturated rings. The Morgan fingerprint density at radius 3 is 2.19 bits per heavy atom. The maximum atomic E-state index is 2.75. The van der Waals surface area contributed by atoms with Crippen LogP contribution in [0.1, 0.15) is 59.9 Å². The molecule has 0 aliphatic carbocycles. The second-order valence-electron chi connectivity index (χ2n) is 9.41. The van der Waals surface area contributed by atoms with Gasteiger partial charge in [-0.15, -0.1) is 0 Å². The van der Waals surface area contributed by atoms with Crippen molar-refractivity contribution >= 4 is 19.1 Å². The van der Waals surface area contributed by atoms with Gasteiger partial charge in [-0.1, -0.05) is 53.7 Å². The Bertz CT molecular complexity index is 722. The summed E-state index contributed by atoms with van der Waals surface area (Å²) in [5.41, 5.74) is 5.16. The lowest BCUT2D eigenvalue weighted by Gasteiger charge is -2.44. The Morgan fingerprint density at radius 1 is 1.00 bits per heavy atom. The van der Waals surface area contributed by atoms with Crippen LogP contribution in [0.15, 0.2) is 30.5 Å². The summed E-state index contributed by atoms with van der Waals surface area (Å²) in [6, 6.07) is 10.3. The van der Waals surface area contributed by atoms with E-state index >= 15 is 0 Å². The molecule has 0 spiro atoms. The first-order valence-corrected chi connectivity index (χ1v) is 12.8. The summed E-state index contributed by atoms with van der Waals surface area (Å²) in [5, 5.41) is 1.41. The molecule has 1 atom stereocenters.